The van der Waals surface area contributed by atoms with Crippen molar-refractivity contribution in [3.8, 4) is 34.4 Å². The molecule has 2 fully saturated rings. The molecule has 9 heteroatoms. The van der Waals surface area contributed by atoms with Gasteiger partial charge in [0.1, 0.15) is 42.6 Å². The normalized spacial score (nSPS) is 16.4. The van der Waals surface area contributed by atoms with Crippen LogP contribution < -0.4 is 14.2 Å². The molecule has 4 aromatic rings. The van der Waals surface area contributed by atoms with Crippen LogP contribution in [-0.2, 0) is 24.6 Å². The highest BCUT2D eigenvalue weighted by molar-refractivity contribution is 5.74. The van der Waals surface area contributed by atoms with Crippen molar-refractivity contribution in [1.29, 1.82) is 5.26 Å². The van der Waals surface area contributed by atoms with E-state index in [0.29, 0.717) is 49.8 Å². The number of aryl methyl sites for hydroxylation is 1. The number of carbonyl (C=O) groups is 1. The van der Waals surface area contributed by atoms with Crippen LogP contribution in [0.3, 0.4) is 0 Å². The van der Waals surface area contributed by atoms with Gasteiger partial charge >= 0.3 is 5.97 Å². The molecule has 0 spiro atoms. The minimum Gasteiger partial charge on any atom is -0.493 e. The van der Waals surface area contributed by atoms with E-state index >= 15 is 0 Å². The van der Waals surface area contributed by atoms with Crippen LogP contribution >= 0.6 is 0 Å². The molecule has 52 heavy (non-hydrogen) atoms. The molecule has 9 nitrogen and oxygen atoms in total. The predicted molar refractivity (Wildman–Crippen MR) is 202 cm³/mol. The minimum atomic E-state index is -0.792. The van der Waals surface area contributed by atoms with Crippen molar-refractivity contribution in [2.45, 2.75) is 85.1 Å². The molecule has 3 heterocycles. The van der Waals surface area contributed by atoms with Gasteiger partial charge in [0.25, 0.3) is 0 Å². The highest BCUT2D eigenvalue weighted by Gasteiger charge is 2.29. The van der Waals surface area contributed by atoms with Gasteiger partial charge in [-0.25, -0.2) is 0 Å². The molecule has 1 atom stereocenters. The average Bonchev–Trinajstić information content (AvgIpc) is 3.68. The Hall–Kier alpha value is -4.91. The number of piperidine rings is 1. The summed E-state index contributed by atoms with van der Waals surface area (Å²) in [6.45, 7) is 12.2. The van der Waals surface area contributed by atoms with Crippen LogP contribution in [0.1, 0.15) is 77.5 Å². The van der Waals surface area contributed by atoms with E-state index < -0.39 is 12.0 Å². The number of aromatic nitrogens is 1. The smallest absolute Gasteiger partial charge is 0.320 e. The van der Waals surface area contributed by atoms with Crippen molar-refractivity contribution in [3.05, 3.63) is 106 Å². The molecular weight excluding hydrogens is 652 g/mol. The summed E-state index contributed by atoms with van der Waals surface area (Å²) >= 11 is 0. The number of rotatable bonds is 15. The number of likely N-dealkylation sites (tertiary alicyclic amines) is 2. The molecule has 0 saturated carbocycles. The maximum atomic E-state index is 12.1. The Labute approximate surface area is 307 Å². The first-order valence-electron chi connectivity index (χ1n) is 18.5. The number of pyridine rings is 1. The molecule has 6 rings (SSSR count). The minimum absolute atomic E-state index is 0.211. The van der Waals surface area contributed by atoms with E-state index in [4.69, 9.17) is 14.2 Å². The number of nitrogens with zero attached hydrogens (tertiary/aromatic N) is 4. The Morgan fingerprint density at radius 1 is 0.885 bits per heavy atom. The largest absolute Gasteiger partial charge is 0.493 e. The first-order valence-corrected chi connectivity index (χ1v) is 18.5. The lowest BCUT2D eigenvalue weighted by Gasteiger charge is -2.33. The van der Waals surface area contributed by atoms with Gasteiger partial charge in [-0.2, -0.15) is 5.26 Å². The Bertz CT molecular complexity index is 1900. The molecule has 1 N–H and O–H groups in total. The Kier molecular flexibility index (Phi) is 12.4. The number of carboxylic acids is 1. The maximum absolute atomic E-state index is 12.1. The van der Waals surface area contributed by atoms with Crippen molar-refractivity contribution in [1.82, 2.24) is 14.8 Å². The van der Waals surface area contributed by atoms with Crippen LogP contribution in [0.15, 0.2) is 67.0 Å². The van der Waals surface area contributed by atoms with Gasteiger partial charge in [-0.05, 0) is 124 Å². The standard InChI is InChI=1S/C43H50N4O5/c1-30-21-36(23-42(52-28-34-22-33(24-44)25-45-26-34)39(30)27-47-19-5-4-14-40(47)43(48)49)51-29-35-11-8-12-37(31(35)2)38-13-9-15-41(32(38)3)50-20-10-18-46-16-6-7-17-46/h8-9,11-13,15,21-23,25-26,40H,4-7,10,14,16-20,27-29H2,1-3H3,(H,48,49)/t40-/m0/s1. The van der Waals surface area contributed by atoms with Crippen molar-refractivity contribution >= 4 is 5.97 Å². The summed E-state index contributed by atoms with van der Waals surface area (Å²) in [6, 6.07) is 19.9. The van der Waals surface area contributed by atoms with Crippen molar-refractivity contribution in [2.75, 3.05) is 32.8 Å². The molecular formula is C43H50N4O5. The van der Waals surface area contributed by atoms with Gasteiger partial charge in [0, 0.05) is 42.7 Å². The van der Waals surface area contributed by atoms with Gasteiger partial charge in [0.05, 0.1) is 12.2 Å². The van der Waals surface area contributed by atoms with Gasteiger partial charge in [0.15, 0.2) is 0 Å². The molecule has 1 aromatic heterocycles. The van der Waals surface area contributed by atoms with E-state index in [0.717, 1.165) is 76.1 Å². The van der Waals surface area contributed by atoms with E-state index in [2.05, 4.69) is 66.2 Å². The van der Waals surface area contributed by atoms with E-state index in [1.165, 1.54) is 32.1 Å². The van der Waals surface area contributed by atoms with Gasteiger partial charge in [-0.15, -0.1) is 0 Å². The topological polar surface area (TPSA) is 108 Å². The van der Waals surface area contributed by atoms with Crippen LogP contribution in [-0.4, -0.2) is 64.7 Å². The third-order valence-electron chi connectivity index (χ3n) is 10.5. The van der Waals surface area contributed by atoms with Gasteiger partial charge in [0.2, 0.25) is 0 Å². The summed E-state index contributed by atoms with van der Waals surface area (Å²) in [5, 5.41) is 19.3. The molecule has 0 unspecified atom stereocenters. The Morgan fingerprint density at radius 3 is 2.44 bits per heavy atom. The number of nitriles is 1. The summed E-state index contributed by atoms with van der Waals surface area (Å²) in [7, 11) is 0. The maximum Gasteiger partial charge on any atom is 0.320 e. The fourth-order valence-electron chi connectivity index (χ4n) is 7.45. The molecule has 0 amide bonds. The van der Waals surface area contributed by atoms with Crippen LogP contribution in [0.4, 0.5) is 0 Å². The quantitative estimate of drug-likeness (QED) is 0.123. The van der Waals surface area contributed by atoms with E-state index in [1.54, 1.807) is 12.3 Å². The molecule has 0 aliphatic carbocycles. The molecule has 2 saturated heterocycles. The number of hydrogen-bond donors (Lipinski definition) is 1. The summed E-state index contributed by atoms with van der Waals surface area (Å²) in [6.07, 6.45) is 9.34. The molecule has 2 aliphatic rings. The summed E-state index contributed by atoms with van der Waals surface area (Å²) in [4.78, 5) is 20.8. The summed E-state index contributed by atoms with van der Waals surface area (Å²) in [5.41, 5.74) is 8.79. The number of benzene rings is 3. The lowest BCUT2D eigenvalue weighted by atomic mass is 9.93. The zero-order valence-corrected chi connectivity index (χ0v) is 30.7. The Balaban J connectivity index is 1.19. The van der Waals surface area contributed by atoms with Gasteiger partial charge in [-0.1, -0.05) is 36.8 Å². The third-order valence-corrected chi connectivity index (χ3v) is 10.5. The fraction of sp³-hybridized carbons (Fsp3) is 0.419. The second-order valence-electron chi connectivity index (χ2n) is 14.1. The zero-order valence-electron chi connectivity index (χ0n) is 30.7. The number of ether oxygens (including phenoxy) is 3. The number of hydrogen-bond acceptors (Lipinski definition) is 8. The highest BCUT2D eigenvalue weighted by atomic mass is 16.5. The number of carboxylic acid groups (broad SMARTS) is 1. The lowest BCUT2D eigenvalue weighted by Crippen LogP contribution is -2.44. The van der Waals surface area contributed by atoms with Crippen molar-refractivity contribution in [2.24, 2.45) is 0 Å². The van der Waals surface area contributed by atoms with Gasteiger partial charge in [-0.3, -0.25) is 14.7 Å². The molecule has 3 aromatic carbocycles. The summed E-state index contributed by atoms with van der Waals surface area (Å²) < 4.78 is 19.1. The molecule has 0 bridgehead atoms. The van der Waals surface area contributed by atoms with Crippen LogP contribution in [0.2, 0.25) is 0 Å². The fourth-order valence-corrected chi connectivity index (χ4v) is 7.45. The second kappa shape index (κ2) is 17.5. The van der Waals surface area contributed by atoms with Crippen molar-refractivity contribution in [3.63, 3.8) is 0 Å². The molecule has 2 aliphatic heterocycles. The molecule has 0 radical (unpaired) electrons. The number of aliphatic carboxylic acids is 1. The predicted octanol–water partition coefficient (Wildman–Crippen LogP) is 8.01. The lowest BCUT2D eigenvalue weighted by molar-refractivity contribution is -0.144. The highest BCUT2D eigenvalue weighted by Crippen LogP contribution is 2.35. The van der Waals surface area contributed by atoms with E-state index in [-0.39, 0.29) is 6.61 Å². The zero-order chi connectivity index (χ0) is 36.5. The monoisotopic (exact) mass is 702 g/mol. The van der Waals surface area contributed by atoms with Crippen LogP contribution in [0.5, 0.6) is 17.2 Å². The molecule has 272 valence electrons. The average molecular weight is 703 g/mol. The summed E-state index contributed by atoms with van der Waals surface area (Å²) in [5.74, 6) is 1.43. The van der Waals surface area contributed by atoms with Crippen LogP contribution in [0.25, 0.3) is 11.1 Å². The first-order chi connectivity index (χ1) is 25.3. The SMILES string of the molecule is Cc1cc(OCc2cccc(-c3cccc(OCCCN4CCCC4)c3C)c2C)cc(OCc2cncc(C#N)c2)c1CN1CCCC[C@H]1C(=O)O. The van der Waals surface area contributed by atoms with Crippen LogP contribution in [0, 0.1) is 32.1 Å². The van der Waals surface area contributed by atoms with Crippen molar-refractivity contribution < 1.29 is 24.1 Å². The Morgan fingerprint density at radius 2 is 1.65 bits per heavy atom. The second-order valence-corrected chi connectivity index (χ2v) is 14.1. The van der Waals surface area contributed by atoms with E-state index in [1.807, 2.05) is 24.0 Å². The third kappa shape index (κ3) is 9.11. The first kappa shape index (κ1) is 36.9. The van der Waals surface area contributed by atoms with Gasteiger partial charge < -0.3 is 24.2 Å². The van der Waals surface area contributed by atoms with E-state index in [9.17, 15) is 15.2 Å².